The Kier molecular flexibility index (Phi) is 11.0. The summed E-state index contributed by atoms with van der Waals surface area (Å²) in [5.41, 5.74) is 2.11. The first-order valence-corrected chi connectivity index (χ1v) is 10.6. The summed E-state index contributed by atoms with van der Waals surface area (Å²) in [7, 11) is -1.86. The van der Waals surface area contributed by atoms with Crippen molar-refractivity contribution in [3.63, 3.8) is 0 Å². The minimum atomic E-state index is -3.51. The molecule has 0 unspecified atom stereocenters. The molecule has 29 heavy (non-hydrogen) atoms. The molecule has 0 heterocycles. The van der Waals surface area contributed by atoms with Crippen LogP contribution in [0.3, 0.4) is 0 Å². The van der Waals surface area contributed by atoms with Crippen LogP contribution in [0.25, 0.3) is 0 Å². The van der Waals surface area contributed by atoms with Crippen molar-refractivity contribution in [3.8, 4) is 5.75 Å². The van der Waals surface area contributed by atoms with Gasteiger partial charge in [0, 0.05) is 25.2 Å². The van der Waals surface area contributed by atoms with Gasteiger partial charge in [-0.3, -0.25) is 0 Å². The van der Waals surface area contributed by atoms with Crippen molar-refractivity contribution in [1.82, 2.24) is 15.4 Å². The molecule has 0 aliphatic carbocycles. The zero-order valence-corrected chi connectivity index (χ0v) is 20.1. The molecule has 0 fully saturated rings. The minimum absolute atomic E-state index is 0. The summed E-state index contributed by atoms with van der Waals surface area (Å²) in [5, 5.41) is 6.29. The third kappa shape index (κ3) is 8.19. The van der Waals surface area contributed by atoms with E-state index in [1.54, 1.807) is 37.4 Å². The van der Waals surface area contributed by atoms with Crippen molar-refractivity contribution >= 4 is 40.0 Å². The largest absolute Gasteiger partial charge is 0.496 e. The van der Waals surface area contributed by atoms with Crippen molar-refractivity contribution in [2.24, 2.45) is 4.99 Å². The topological polar surface area (TPSA) is 91.8 Å². The summed E-state index contributed by atoms with van der Waals surface area (Å²) in [6, 6.07) is 14.3. The molecule has 0 atom stereocenters. The summed E-state index contributed by atoms with van der Waals surface area (Å²) in [6.45, 7) is 5.79. The van der Waals surface area contributed by atoms with E-state index in [9.17, 15) is 8.42 Å². The van der Waals surface area contributed by atoms with Crippen LogP contribution in [-0.4, -0.2) is 41.1 Å². The van der Waals surface area contributed by atoms with Crippen LogP contribution in [0.1, 0.15) is 18.1 Å². The zero-order chi connectivity index (χ0) is 20.4. The Labute approximate surface area is 190 Å². The van der Waals surface area contributed by atoms with Crippen molar-refractivity contribution in [2.75, 3.05) is 26.7 Å². The highest BCUT2D eigenvalue weighted by Gasteiger charge is 2.12. The minimum Gasteiger partial charge on any atom is -0.496 e. The smallest absolute Gasteiger partial charge is 0.240 e. The summed E-state index contributed by atoms with van der Waals surface area (Å²) < 4.78 is 32.4. The van der Waals surface area contributed by atoms with E-state index in [-0.39, 0.29) is 35.4 Å². The number of hydrogen-bond acceptors (Lipinski definition) is 4. The number of ether oxygens (including phenoxy) is 1. The average molecular weight is 532 g/mol. The Morgan fingerprint density at radius 1 is 1.07 bits per heavy atom. The standard InChI is InChI=1S/C20H28N4O3S.HI/c1-4-21-20(23-15-17-11-10-16(2)14-19(17)27-3)22-12-13-24-28(25,26)18-8-6-5-7-9-18;/h5-11,14,24H,4,12-13,15H2,1-3H3,(H2,21,22,23);1H. The molecule has 2 aromatic carbocycles. The lowest BCUT2D eigenvalue weighted by molar-refractivity contribution is 0.409. The van der Waals surface area contributed by atoms with E-state index in [2.05, 4.69) is 20.3 Å². The number of guanidine groups is 1. The third-order valence-electron chi connectivity index (χ3n) is 3.96. The summed E-state index contributed by atoms with van der Waals surface area (Å²) in [5.74, 6) is 1.42. The molecule has 2 aromatic rings. The Morgan fingerprint density at radius 2 is 1.79 bits per heavy atom. The van der Waals surface area contributed by atoms with Crippen LogP contribution < -0.4 is 20.1 Å². The fraction of sp³-hybridized carbons (Fsp3) is 0.350. The van der Waals surface area contributed by atoms with Gasteiger partial charge in [-0.2, -0.15) is 0 Å². The second-order valence-corrected chi connectivity index (χ2v) is 7.92. The van der Waals surface area contributed by atoms with Gasteiger partial charge in [-0.25, -0.2) is 18.1 Å². The summed E-state index contributed by atoms with van der Waals surface area (Å²) in [4.78, 5) is 4.80. The molecule has 7 nitrogen and oxygen atoms in total. The number of aryl methyl sites for hydroxylation is 1. The van der Waals surface area contributed by atoms with Crippen molar-refractivity contribution in [1.29, 1.82) is 0 Å². The molecule has 0 radical (unpaired) electrons. The van der Waals surface area contributed by atoms with Gasteiger partial charge in [0.15, 0.2) is 5.96 Å². The number of sulfonamides is 1. The molecule has 9 heteroatoms. The molecular formula is C20H29IN4O3S. The average Bonchev–Trinajstić information content (AvgIpc) is 2.70. The van der Waals surface area contributed by atoms with Crippen molar-refractivity contribution in [2.45, 2.75) is 25.3 Å². The van der Waals surface area contributed by atoms with E-state index >= 15 is 0 Å². The highest BCUT2D eigenvalue weighted by atomic mass is 127. The van der Waals surface area contributed by atoms with Crippen LogP contribution in [0.15, 0.2) is 58.4 Å². The lowest BCUT2D eigenvalue weighted by atomic mass is 10.1. The lowest BCUT2D eigenvalue weighted by Gasteiger charge is -2.13. The Balaban J connectivity index is 0.00000420. The molecule has 0 spiro atoms. The maximum Gasteiger partial charge on any atom is 0.240 e. The normalized spacial score (nSPS) is 11.5. The second kappa shape index (κ2) is 12.7. The van der Waals surface area contributed by atoms with Crippen LogP contribution in [0.4, 0.5) is 0 Å². The summed E-state index contributed by atoms with van der Waals surface area (Å²) >= 11 is 0. The Bertz CT molecular complexity index is 890. The zero-order valence-electron chi connectivity index (χ0n) is 16.9. The SMILES string of the molecule is CCNC(=NCc1ccc(C)cc1OC)NCCNS(=O)(=O)c1ccccc1.I. The monoisotopic (exact) mass is 532 g/mol. The van der Waals surface area contributed by atoms with Gasteiger partial charge < -0.3 is 15.4 Å². The number of hydrogen-bond donors (Lipinski definition) is 3. The first kappa shape index (κ1) is 25.2. The van der Waals surface area contributed by atoms with Crippen LogP contribution in [0, 0.1) is 6.92 Å². The molecule has 0 amide bonds. The number of benzene rings is 2. The molecule has 0 saturated heterocycles. The highest BCUT2D eigenvalue weighted by Crippen LogP contribution is 2.20. The van der Waals surface area contributed by atoms with E-state index < -0.39 is 10.0 Å². The molecule has 3 N–H and O–H groups in total. The number of nitrogens with one attached hydrogen (secondary N) is 3. The highest BCUT2D eigenvalue weighted by molar-refractivity contribution is 14.0. The number of halogens is 1. The van der Waals surface area contributed by atoms with Crippen LogP contribution >= 0.6 is 24.0 Å². The number of methoxy groups -OCH3 is 1. The van der Waals surface area contributed by atoms with Crippen LogP contribution in [-0.2, 0) is 16.6 Å². The fourth-order valence-corrected chi connectivity index (χ4v) is 3.59. The maximum absolute atomic E-state index is 12.2. The van der Waals surface area contributed by atoms with E-state index in [1.165, 1.54) is 0 Å². The van der Waals surface area contributed by atoms with Crippen molar-refractivity contribution in [3.05, 3.63) is 59.7 Å². The van der Waals surface area contributed by atoms with E-state index in [0.29, 0.717) is 25.6 Å². The predicted molar refractivity (Wildman–Crippen MR) is 128 cm³/mol. The quantitative estimate of drug-likeness (QED) is 0.200. The van der Waals surface area contributed by atoms with Gasteiger partial charge in [-0.15, -0.1) is 24.0 Å². The maximum atomic E-state index is 12.2. The molecule has 0 bridgehead atoms. The van der Waals surface area contributed by atoms with Gasteiger partial charge in [-0.1, -0.05) is 30.3 Å². The first-order chi connectivity index (χ1) is 13.5. The second-order valence-electron chi connectivity index (χ2n) is 6.15. The van der Waals surface area contributed by atoms with Gasteiger partial charge in [0.05, 0.1) is 18.6 Å². The molecule has 0 aliphatic heterocycles. The van der Waals surface area contributed by atoms with Gasteiger partial charge in [0.2, 0.25) is 10.0 Å². The van der Waals surface area contributed by atoms with Gasteiger partial charge >= 0.3 is 0 Å². The molecular weight excluding hydrogens is 503 g/mol. The van der Waals surface area contributed by atoms with E-state index in [4.69, 9.17) is 4.74 Å². The fourth-order valence-electron chi connectivity index (χ4n) is 2.54. The van der Waals surface area contributed by atoms with Crippen LogP contribution in [0.5, 0.6) is 5.75 Å². The third-order valence-corrected chi connectivity index (χ3v) is 5.43. The molecule has 160 valence electrons. The number of nitrogens with zero attached hydrogens (tertiary/aromatic N) is 1. The van der Waals surface area contributed by atoms with Gasteiger partial charge in [0.25, 0.3) is 0 Å². The lowest BCUT2D eigenvalue weighted by Crippen LogP contribution is -2.41. The van der Waals surface area contributed by atoms with E-state index in [1.807, 2.05) is 32.0 Å². The molecule has 0 saturated carbocycles. The van der Waals surface area contributed by atoms with Gasteiger partial charge in [0.1, 0.15) is 5.75 Å². The predicted octanol–water partition coefficient (Wildman–Crippen LogP) is 2.66. The number of rotatable bonds is 9. The molecule has 2 rings (SSSR count). The van der Waals surface area contributed by atoms with Crippen LogP contribution in [0.2, 0.25) is 0 Å². The number of aliphatic imine (C=N–C) groups is 1. The van der Waals surface area contributed by atoms with E-state index in [0.717, 1.165) is 16.9 Å². The Hall–Kier alpha value is -1.85. The Morgan fingerprint density at radius 3 is 2.45 bits per heavy atom. The van der Waals surface area contributed by atoms with Crippen molar-refractivity contribution < 1.29 is 13.2 Å². The molecule has 0 aliphatic rings. The first-order valence-electron chi connectivity index (χ1n) is 9.16. The van der Waals surface area contributed by atoms with Gasteiger partial charge in [-0.05, 0) is 37.6 Å². The summed E-state index contributed by atoms with van der Waals surface area (Å²) in [6.07, 6.45) is 0. The molecule has 0 aromatic heterocycles.